The van der Waals surface area contributed by atoms with Crippen molar-refractivity contribution in [1.29, 1.82) is 0 Å². The Bertz CT molecular complexity index is 775. The zero-order valence-corrected chi connectivity index (χ0v) is 16.2. The van der Waals surface area contributed by atoms with Crippen molar-refractivity contribution in [3.63, 3.8) is 0 Å². The molecule has 1 saturated heterocycles. The van der Waals surface area contributed by atoms with Gasteiger partial charge in [-0.25, -0.2) is 0 Å². The molecule has 1 fully saturated rings. The molecule has 0 aliphatic carbocycles. The Morgan fingerprint density at radius 2 is 1.48 bits per heavy atom. The van der Waals surface area contributed by atoms with Crippen LogP contribution in [0.5, 0.6) is 0 Å². The summed E-state index contributed by atoms with van der Waals surface area (Å²) >= 11 is 0. The molecule has 0 N–H and O–H groups in total. The molecular weight excluding hydrogens is 466 g/mol. The summed E-state index contributed by atoms with van der Waals surface area (Å²) in [6.07, 6.45) is -6.36. The van der Waals surface area contributed by atoms with E-state index < -0.39 is 62.1 Å². The van der Waals surface area contributed by atoms with Crippen molar-refractivity contribution in [3.05, 3.63) is 0 Å². The molecule has 0 bridgehead atoms. The number of ether oxygens (including phenoxy) is 2. The summed E-state index contributed by atoms with van der Waals surface area (Å²) in [5, 5.41) is 0. The van der Waals surface area contributed by atoms with E-state index in [0.29, 0.717) is 0 Å². The number of alkyl halides is 6. The summed E-state index contributed by atoms with van der Waals surface area (Å²) in [5.74, 6) is -0.609. The summed E-state index contributed by atoms with van der Waals surface area (Å²) in [5.41, 5.74) is -11.8. The monoisotopic (exact) mass is 482 g/mol. The third-order valence-corrected chi connectivity index (χ3v) is 5.72. The van der Waals surface area contributed by atoms with Gasteiger partial charge in [-0.2, -0.15) is 43.2 Å². The molecule has 0 amide bonds. The highest BCUT2D eigenvalue weighted by molar-refractivity contribution is 7.88. The van der Waals surface area contributed by atoms with Crippen LogP contribution >= 0.6 is 0 Å². The maximum Gasteiger partial charge on any atom is 0.523 e. The SMILES string of the molecule is COC(=O)CCCC[C@@H]1OC[C@@H](OS(=O)(=O)C(F)(F)F)[C@H]1OS(=O)(=O)C(F)(F)F. The zero-order chi connectivity index (χ0) is 22.7. The maximum absolute atomic E-state index is 12.6. The topological polar surface area (TPSA) is 122 Å². The highest BCUT2D eigenvalue weighted by Gasteiger charge is 2.55. The van der Waals surface area contributed by atoms with E-state index in [4.69, 9.17) is 4.74 Å². The summed E-state index contributed by atoms with van der Waals surface area (Å²) in [7, 11) is -11.5. The van der Waals surface area contributed by atoms with Crippen molar-refractivity contribution >= 4 is 26.2 Å². The number of esters is 1. The minimum Gasteiger partial charge on any atom is -0.469 e. The van der Waals surface area contributed by atoms with E-state index in [1.807, 2.05) is 0 Å². The first-order valence-corrected chi connectivity index (χ1v) is 10.5. The van der Waals surface area contributed by atoms with Crippen molar-refractivity contribution < 1.29 is 65.8 Å². The van der Waals surface area contributed by atoms with Gasteiger partial charge in [-0.05, 0) is 12.8 Å². The van der Waals surface area contributed by atoms with Gasteiger partial charge in [0.2, 0.25) is 0 Å². The van der Waals surface area contributed by atoms with Crippen LogP contribution in [0.15, 0.2) is 0 Å². The predicted octanol–water partition coefficient (Wildman–Crippen LogP) is 1.59. The van der Waals surface area contributed by atoms with Crippen LogP contribution < -0.4 is 0 Å². The molecule has 172 valence electrons. The zero-order valence-electron chi connectivity index (χ0n) is 14.5. The first-order valence-electron chi connectivity index (χ1n) is 7.69. The lowest BCUT2D eigenvalue weighted by Crippen LogP contribution is -2.42. The molecule has 1 aliphatic rings. The van der Waals surface area contributed by atoms with Gasteiger partial charge in [-0.15, -0.1) is 0 Å². The van der Waals surface area contributed by atoms with Crippen molar-refractivity contribution in [3.8, 4) is 0 Å². The molecule has 1 rings (SSSR count). The van der Waals surface area contributed by atoms with Crippen molar-refractivity contribution in [2.45, 2.75) is 55.0 Å². The van der Waals surface area contributed by atoms with E-state index in [1.165, 1.54) is 0 Å². The van der Waals surface area contributed by atoms with Gasteiger partial charge >= 0.3 is 37.2 Å². The van der Waals surface area contributed by atoms with Gasteiger partial charge < -0.3 is 9.47 Å². The van der Waals surface area contributed by atoms with E-state index in [-0.39, 0.29) is 25.7 Å². The van der Waals surface area contributed by atoms with Crippen LogP contribution in [0.4, 0.5) is 26.3 Å². The molecule has 1 heterocycles. The van der Waals surface area contributed by atoms with Gasteiger partial charge in [0.15, 0.2) is 0 Å². The minimum atomic E-state index is -6.30. The lowest BCUT2D eigenvalue weighted by molar-refractivity contribution is -0.140. The number of rotatable bonds is 9. The Labute approximate surface area is 161 Å². The number of methoxy groups -OCH3 is 1. The van der Waals surface area contributed by atoms with Crippen LogP contribution in [0.3, 0.4) is 0 Å². The number of hydrogen-bond acceptors (Lipinski definition) is 9. The number of carbonyl (C=O) groups is 1. The number of hydrogen-bond donors (Lipinski definition) is 0. The quantitative estimate of drug-likeness (QED) is 0.159. The number of carbonyl (C=O) groups excluding carboxylic acids is 1. The third-order valence-electron chi connectivity index (χ3n) is 3.61. The van der Waals surface area contributed by atoms with Crippen LogP contribution in [0.2, 0.25) is 0 Å². The molecule has 0 spiro atoms. The molecule has 0 aromatic rings. The van der Waals surface area contributed by atoms with Gasteiger partial charge in [0.05, 0.1) is 19.8 Å². The summed E-state index contributed by atoms with van der Waals surface area (Å²) < 4.78 is 137. The Hall–Kier alpha value is -1.17. The first kappa shape index (κ1) is 25.9. The molecule has 0 saturated carbocycles. The average molecular weight is 482 g/mol. The molecule has 29 heavy (non-hydrogen) atoms. The van der Waals surface area contributed by atoms with Crippen LogP contribution in [-0.2, 0) is 42.9 Å². The van der Waals surface area contributed by atoms with Gasteiger partial charge in [0, 0.05) is 6.42 Å². The fourth-order valence-corrected chi connectivity index (χ4v) is 3.49. The van der Waals surface area contributed by atoms with E-state index in [0.717, 1.165) is 7.11 Å². The summed E-state index contributed by atoms with van der Waals surface area (Å²) in [6, 6.07) is 0. The van der Waals surface area contributed by atoms with Crippen LogP contribution in [0.25, 0.3) is 0 Å². The molecule has 0 radical (unpaired) electrons. The summed E-state index contributed by atoms with van der Waals surface area (Å²) in [6.45, 7) is -0.977. The number of halogens is 6. The maximum atomic E-state index is 12.6. The smallest absolute Gasteiger partial charge is 0.469 e. The predicted molar refractivity (Wildman–Crippen MR) is 79.9 cm³/mol. The van der Waals surface area contributed by atoms with Crippen molar-refractivity contribution in [2.75, 3.05) is 13.7 Å². The Balaban J connectivity index is 2.97. The normalized spacial score (nSPS) is 23.9. The third kappa shape index (κ3) is 6.94. The van der Waals surface area contributed by atoms with E-state index >= 15 is 0 Å². The van der Waals surface area contributed by atoms with Gasteiger partial charge in [-0.1, -0.05) is 6.42 Å². The molecule has 1 aliphatic heterocycles. The second kappa shape index (κ2) is 9.32. The van der Waals surface area contributed by atoms with Gasteiger partial charge in [0.25, 0.3) is 0 Å². The lowest BCUT2D eigenvalue weighted by atomic mass is 10.0. The van der Waals surface area contributed by atoms with Gasteiger partial charge in [-0.3, -0.25) is 13.2 Å². The molecule has 3 atom stereocenters. The van der Waals surface area contributed by atoms with Gasteiger partial charge in [0.1, 0.15) is 12.2 Å². The van der Waals surface area contributed by atoms with E-state index in [2.05, 4.69) is 13.1 Å². The lowest BCUT2D eigenvalue weighted by Gasteiger charge is -2.23. The highest BCUT2D eigenvalue weighted by atomic mass is 32.2. The van der Waals surface area contributed by atoms with E-state index in [9.17, 15) is 48.0 Å². The van der Waals surface area contributed by atoms with Crippen molar-refractivity contribution in [1.82, 2.24) is 0 Å². The molecule has 17 heteroatoms. The highest BCUT2D eigenvalue weighted by Crippen LogP contribution is 2.34. The molecule has 0 aromatic heterocycles. The fraction of sp³-hybridized carbons (Fsp3) is 0.917. The van der Waals surface area contributed by atoms with Crippen LogP contribution in [0.1, 0.15) is 25.7 Å². The molecular formula is C12H16F6O9S2. The number of unbranched alkanes of at least 4 members (excludes halogenated alkanes) is 1. The minimum absolute atomic E-state index is 0.0461. The van der Waals surface area contributed by atoms with E-state index in [1.54, 1.807) is 0 Å². The van der Waals surface area contributed by atoms with Crippen LogP contribution in [0, 0.1) is 0 Å². The second-order valence-corrected chi connectivity index (χ2v) is 8.82. The standard InChI is InChI=1S/C12H16F6O9S2/c1-24-9(19)5-3-2-4-7-10(27-29(22,23)12(16,17)18)8(6-25-7)26-28(20,21)11(13,14)15/h7-8,10H,2-6H2,1H3/t7-,8+,10-/m0/s1. The molecule has 0 unspecified atom stereocenters. The average Bonchev–Trinajstić information content (AvgIpc) is 2.90. The van der Waals surface area contributed by atoms with Crippen molar-refractivity contribution in [2.24, 2.45) is 0 Å². The second-order valence-electron chi connectivity index (χ2n) is 5.69. The fourth-order valence-electron chi connectivity index (χ4n) is 2.24. The Kier molecular flexibility index (Phi) is 8.31. The first-order chi connectivity index (χ1) is 13.0. The Morgan fingerprint density at radius 3 is 1.97 bits per heavy atom. The summed E-state index contributed by atoms with van der Waals surface area (Å²) in [4.78, 5) is 11.0. The largest absolute Gasteiger partial charge is 0.523 e. The van der Waals surface area contributed by atoms with Crippen LogP contribution in [-0.4, -0.2) is 65.9 Å². The molecule has 9 nitrogen and oxygen atoms in total. The molecule has 0 aromatic carbocycles. The Morgan fingerprint density at radius 1 is 0.966 bits per heavy atom.